The summed E-state index contributed by atoms with van der Waals surface area (Å²) < 4.78 is 5.81. The van der Waals surface area contributed by atoms with Crippen LogP contribution in [0.5, 0.6) is 0 Å². The lowest BCUT2D eigenvalue weighted by Gasteiger charge is -2.37. The van der Waals surface area contributed by atoms with Crippen molar-refractivity contribution in [2.75, 3.05) is 44.2 Å². The van der Waals surface area contributed by atoms with Gasteiger partial charge in [-0.05, 0) is 37.1 Å². The zero-order valence-electron chi connectivity index (χ0n) is 25.4. The zero-order valence-corrected chi connectivity index (χ0v) is 25.4. The summed E-state index contributed by atoms with van der Waals surface area (Å²) in [5, 5.41) is 15.6. The first-order chi connectivity index (χ1) is 21.7. The minimum atomic E-state index is -1.26. The van der Waals surface area contributed by atoms with E-state index >= 15 is 0 Å². The number of anilines is 1. The normalized spacial score (nSPS) is 15.6. The maximum atomic E-state index is 12.9. The molecule has 0 radical (unpaired) electrons. The summed E-state index contributed by atoms with van der Waals surface area (Å²) in [6, 6.07) is 12.7. The van der Waals surface area contributed by atoms with Gasteiger partial charge >= 0.3 is 17.9 Å². The average Bonchev–Trinajstić information content (AvgIpc) is 3.27. The van der Waals surface area contributed by atoms with E-state index in [1.54, 1.807) is 30.5 Å². The topological polar surface area (TPSA) is 158 Å². The predicted molar refractivity (Wildman–Crippen MR) is 167 cm³/mol. The van der Waals surface area contributed by atoms with Gasteiger partial charge in [-0.2, -0.15) is 0 Å². The molecule has 1 aromatic carbocycles. The first-order valence-corrected chi connectivity index (χ1v) is 15.0. The second kappa shape index (κ2) is 18.1. The Balaban J connectivity index is 0.000000610. The predicted octanol–water partition coefficient (Wildman–Crippen LogP) is 3.65. The number of pyridine rings is 1. The molecule has 2 aliphatic rings. The summed E-state index contributed by atoms with van der Waals surface area (Å²) in [6.45, 7) is 5.76. The van der Waals surface area contributed by atoms with Crippen LogP contribution < -0.4 is 4.90 Å². The summed E-state index contributed by atoms with van der Waals surface area (Å²) >= 11 is 0. The number of aromatic nitrogens is 1. The van der Waals surface area contributed by atoms with Gasteiger partial charge in [0.25, 0.3) is 11.8 Å². The fraction of sp³-hybridized carbons (Fsp3) is 0.394. The van der Waals surface area contributed by atoms with Crippen LogP contribution in [0, 0.1) is 0 Å². The van der Waals surface area contributed by atoms with Gasteiger partial charge in [-0.1, -0.05) is 50.5 Å². The van der Waals surface area contributed by atoms with Gasteiger partial charge < -0.3 is 19.8 Å². The number of aliphatic carboxylic acids is 2. The highest BCUT2D eigenvalue weighted by molar-refractivity contribution is 6.21. The second-order valence-electron chi connectivity index (χ2n) is 10.6. The van der Waals surface area contributed by atoms with Crippen molar-refractivity contribution < 1.29 is 38.9 Å². The van der Waals surface area contributed by atoms with E-state index in [2.05, 4.69) is 21.7 Å². The summed E-state index contributed by atoms with van der Waals surface area (Å²) in [5.41, 5.74) is 0.794. The molecule has 2 N–H and O–H groups in total. The number of carbonyl (C=O) groups excluding carboxylic acids is 3. The van der Waals surface area contributed by atoms with E-state index in [1.807, 2.05) is 24.3 Å². The largest absolute Gasteiger partial charge is 0.478 e. The fourth-order valence-electron chi connectivity index (χ4n) is 4.94. The van der Waals surface area contributed by atoms with E-state index in [9.17, 15) is 24.0 Å². The number of rotatable bonds is 14. The molecule has 2 aromatic rings. The van der Waals surface area contributed by atoms with Crippen LogP contribution in [0.2, 0.25) is 0 Å². The molecule has 1 atom stereocenters. The van der Waals surface area contributed by atoms with Crippen molar-refractivity contribution in [3.05, 3.63) is 84.1 Å². The number of carboxylic acids is 2. The minimum Gasteiger partial charge on any atom is -0.478 e. The summed E-state index contributed by atoms with van der Waals surface area (Å²) in [6.07, 6.45) is 11.0. The number of amides is 2. The third-order valence-corrected chi connectivity index (χ3v) is 7.20. The zero-order chi connectivity index (χ0) is 32.6. The number of hydrogen-bond acceptors (Lipinski definition) is 9. The molecule has 3 heterocycles. The van der Waals surface area contributed by atoms with Crippen molar-refractivity contribution in [3.8, 4) is 0 Å². The number of imide groups is 1. The molecule has 1 fully saturated rings. The highest BCUT2D eigenvalue weighted by Crippen LogP contribution is 2.23. The first kappa shape index (κ1) is 34.6. The first-order valence-electron chi connectivity index (χ1n) is 15.0. The van der Waals surface area contributed by atoms with Gasteiger partial charge in [0.1, 0.15) is 11.9 Å². The molecule has 4 rings (SSSR count). The van der Waals surface area contributed by atoms with Gasteiger partial charge in [0.15, 0.2) is 0 Å². The number of allylic oxidation sites excluding steroid dienone is 1. The molecule has 240 valence electrons. The Labute approximate surface area is 262 Å². The Bertz CT molecular complexity index is 1320. The molecule has 0 spiro atoms. The van der Waals surface area contributed by atoms with Crippen LogP contribution in [0.3, 0.4) is 0 Å². The van der Waals surface area contributed by atoms with Crippen LogP contribution in [0.4, 0.5) is 5.82 Å². The smallest absolute Gasteiger partial charge is 0.330 e. The van der Waals surface area contributed by atoms with E-state index in [0.717, 1.165) is 51.3 Å². The lowest BCUT2D eigenvalue weighted by Crippen LogP contribution is -2.51. The van der Waals surface area contributed by atoms with Crippen molar-refractivity contribution in [1.29, 1.82) is 0 Å². The van der Waals surface area contributed by atoms with Crippen LogP contribution in [0.15, 0.2) is 73.0 Å². The highest BCUT2D eigenvalue weighted by atomic mass is 16.5. The molecule has 1 unspecified atom stereocenters. The maximum absolute atomic E-state index is 12.9. The quantitative estimate of drug-likeness (QED) is 0.137. The molecular weight excluding hydrogens is 580 g/mol. The van der Waals surface area contributed by atoms with Crippen molar-refractivity contribution >= 4 is 35.5 Å². The molecule has 2 aliphatic heterocycles. The Kier molecular flexibility index (Phi) is 13.9. The van der Waals surface area contributed by atoms with E-state index in [0.29, 0.717) is 29.8 Å². The molecule has 45 heavy (non-hydrogen) atoms. The standard InChI is InChI=1S/C29H36N4O4.C4H4O4/c1-2-3-4-5-6-7-15-27(34)37-23(22-33-28(35)24-12-8-9-13-25(24)29(33)36)21-31-17-19-32(20-18-31)26-14-10-11-16-30-26;5-3(6)1-2-4(7)8/h7-16,23H,2-6,17-22H2,1H3;1-2H,(H,5,6)(H,7,8)/b15-7+;2-1-. The minimum absolute atomic E-state index is 0.0306. The SMILES string of the molecule is CCCCCC/C=C/C(=O)OC(CN1CCN(c2ccccn2)CC1)CN1C(=O)c2ccccc2C1=O.O=C(O)/C=C\C(=O)O. The lowest BCUT2D eigenvalue weighted by atomic mass is 10.1. The van der Waals surface area contributed by atoms with Crippen LogP contribution in [0.25, 0.3) is 0 Å². The number of fused-ring (bicyclic) bond motifs is 1. The van der Waals surface area contributed by atoms with E-state index in [-0.39, 0.29) is 18.4 Å². The summed E-state index contributed by atoms with van der Waals surface area (Å²) in [4.78, 5) is 67.7. The van der Waals surface area contributed by atoms with Gasteiger partial charge in [0, 0.05) is 57.1 Å². The molecule has 1 aromatic heterocycles. The molecule has 0 bridgehead atoms. The molecule has 2 amide bonds. The Morgan fingerprint density at radius 1 is 0.844 bits per heavy atom. The molecule has 1 saturated heterocycles. The van der Waals surface area contributed by atoms with E-state index in [4.69, 9.17) is 14.9 Å². The Morgan fingerprint density at radius 3 is 2.02 bits per heavy atom. The van der Waals surface area contributed by atoms with E-state index < -0.39 is 24.0 Å². The number of benzene rings is 1. The maximum Gasteiger partial charge on any atom is 0.330 e. The Morgan fingerprint density at radius 2 is 1.47 bits per heavy atom. The van der Waals surface area contributed by atoms with Gasteiger partial charge in [-0.25, -0.2) is 19.4 Å². The van der Waals surface area contributed by atoms with Crippen LogP contribution in [-0.2, 0) is 19.1 Å². The summed E-state index contributed by atoms with van der Waals surface area (Å²) in [7, 11) is 0. The number of piperazine rings is 1. The highest BCUT2D eigenvalue weighted by Gasteiger charge is 2.37. The van der Waals surface area contributed by atoms with Crippen molar-refractivity contribution in [1.82, 2.24) is 14.8 Å². The number of ether oxygens (including phenoxy) is 1. The number of hydrogen-bond donors (Lipinski definition) is 2. The molecule has 12 nitrogen and oxygen atoms in total. The van der Waals surface area contributed by atoms with Gasteiger partial charge in [-0.3, -0.25) is 19.4 Å². The van der Waals surface area contributed by atoms with E-state index in [1.165, 1.54) is 23.8 Å². The van der Waals surface area contributed by atoms with Crippen LogP contribution in [0.1, 0.15) is 59.7 Å². The lowest BCUT2D eigenvalue weighted by molar-refractivity contribution is -0.144. The third kappa shape index (κ3) is 11.3. The average molecular weight is 621 g/mol. The van der Waals surface area contributed by atoms with Gasteiger partial charge in [0.05, 0.1) is 17.7 Å². The van der Waals surface area contributed by atoms with Crippen molar-refractivity contribution in [3.63, 3.8) is 0 Å². The van der Waals surface area contributed by atoms with Crippen molar-refractivity contribution in [2.24, 2.45) is 0 Å². The number of nitrogens with zero attached hydrogens (tertiary/aromatic N) is 4. The van der Waals surface area contributed by atoms with Gasteiger partial charge in [-0.15, -0.1) is 0 Å². The van der Waals surface area contributed by atoms with Crippen LogP contribution >= 0.6 is 0 Å². The van der Waals surface area contributed by atoms with Crippen molar-refractivity contribution in [2.45, 2.75) is 45.1 Å². The molecule has 0 aliphatic carbocycles. The number of carboxylic acid groups (broad SMARTS) is 2. The molecule has 12 heteroatoms. The van der Waals surface area contributed by atoms with Crippen LogP contribution in [-0.4, -0.2) is 100 Å². The fourth-order valence-corrected chi connectivity index (χ4v) is 4.94. The number of esters is 1. The monoisotopic (exact) mass is 620 g/mol. The number of carbonyl (C=O) groups is 5. The molecule has 0 saturated carbocycles. The second-order valence-corrected chi connectivity index (χ2v) is 10.6. The van der Waals surface area contributed by atoms with Gasteiger partial charge in [0.2, 0.25) is 0 Å². The third-order valence-electron chi connectivity index (χ3n) is 7.20. The molecular formula is C33H40N4O8. The summed E-state index contributed by atoms with van der Waals surface area (Å²) in [5.74, 6) is -2.69. The number of unbranched alkanes of at least 4 members (excludes halogenated alkanes) is 4. The Hall–Kier alpha value is -4.84.